The van der Waals surface area contributed by atoms with Gasteiger partial charge in [0.1, 0.15) is 11.8 Å². The molecule has 3 rings (SSSR count). The van der Waals surface area contributed by atoms with E-state index in [1.165, 1.54) is 0 Å². The van der Waals surface area contributed by atoms with Crippen molar-refractivity contribution in [3.63, 3.8) is 0 Å². The van der Waals surface area contributed by atoms with E-state index < -0.39 is 6.04 Å². The average Bonchev–Trinajstić information content (AvgIpc) is 3.27. The molecule has 0 aliphatic rings. The second-order valence-corrected chi connectivity index (χ2v) is 9.13. The Labute approximate surface area is 188 Å². The van der Waals surface area contributed by atoms with Crippen molar-refractivity contribution in [1.29, 1.82) is 0 Å². The molecule has 3 aromatic rings. The minimum atomic E-state index is -0.406. The lowest BCUT2D eigenvalue weighted by Crippen LogP contribution is -2.44. The Hall–Kier alpha value is -2.93. The van der Waals surface area contributed by atoms with Gasteiger partial charge in [0.25, 0.3) is 0 Å². The van der Waals surface area contributed by atoms with E-state index in [0.717, 1.165) is 28.0 Å². The summed E-state index contributed by atoms with van der Waals surface area (Å²) in [6, 6.07) is 13.0. The number of nitrogens with one attached hydrogen (secondary N) is 1. The summed E-state index contributed by atoms with van der Waals surface area (Å²) in [5.41, 5.74) is 2.67. The van der Waals surface area contributed by atoms with Gasteiger partial charge in [0, 0.05) is 22.7 Å². The van der Waals surface area contributed by atoms with Crippen molar-refractivity contribution in [3.05, 3.63) is 65.4 Å². The first kappa shape index (κ1) is 22.7. The van der Waals surface area contributed by atoms with Crippen molar-refractivity contribution >= 4 is 28.1 Å². The average molecular weight is 439 g/mol. The molecule has 1 N–H and O–H groups in total. The second kappa shape index (κ2) is 9.92. The van der Waals surface area contributed by atoms with Crippen LogP contribution in [0, 0.1) is 0 Å². The lowest BCUT2D eigenvalue weighted by molar-refractivity contribution is -0.122. The van der Waals surface area contributed by atoms with Crippen LogP contribution in [0.3, 0.4) is 0 Å². The molecule has 31 heavy (non-hydrogen) atoms. The van der Waals surface area contributed by atoms with Crippen molar-refractivity contribution in [3.8, 4) is 5.75 Å². The molecule has 1 aromatic carbocycles. The number of pyridine rings is 1. The third-order valence-corrected chi connectivity index (χ3v) is 5.83. The molecule has 1 amide bonds. The maximum Gasteiger partial charge on any atom is 0.243 e. The zero-order valence-electron chi connectivity index (χ0n) is 18.8. The molecule has 6 nitrogen and oxygen atoms in total. The lowest BCUT2D eigenvalue weighted by Gasteiger charge is -2.30. The first-order valence-electron chi connectivity index (χ1n) is 10.4. The Balaban J connectivity index is 1.92. The Morgan fingerprint density at radius 1 is 1.19 bits per heavy atom. The van der Waals surface area contributed by atoms with Crippen LogP contribution in [0.25, 0.3) is 0 Å². The predicted molar refractivity (Wildman–Crippen MR) is 126 cm³/mol. The molecule has 0 spiro atoms. The smallest absolute Gasteiger partial charge is 0.243 e. The largest absolute Gasteiger partial charge is 0.497 e. The van der Waals surface area contributed by atoms with Crippen LogP contribution in [0.4, 0.5) is 10.8 Å². The topological polar surface area (TPSA) is 67.4 Å². The Morgan fingerprint density at radius 3 is 2.48 bits per heavy atom. The normalized spacial score (nSPS) is 12.3. The maximum absolute atomic E-state index is 13.2. The molecule has 2 heterocycles. The first-order chi connectivity index (χ1) is 14.8. The zero-order valence-corrected chi connectivity index (χ0v) is 19.6. The Morgan fingerprint density at radius 2 is 1.94 bits per heavy atom. The molecule has 0 unspecified atom stereocenters. The summed E-state index contributed by atoms with van der Waals surface area (Å²) in [5, 5.41) is 5.91. The second-order valence-electron chi connectivity index (χ2n) is 8.30. The van der Waals surface area contributed by atoms with Crippen molar-refractivity contribution in [2.45, 2.75) is 52.1 Å². The van der Waals surface area contributed by atoms with Crippen LogP contribution in [0.5, 0.6) is 5.75 Å². The molecule has 164 valence electrons. The van der Waals surface area contributed by atoms with Gasteiger partial charge in [-0.05, 0) is 42.8 Å². The third-order valence-electron chi connectivity index (χ3n) is 4.99. The molecule has 2 aromatic heterocycles. The number of hydrogen-bond donors (Lipinski definition) is 1. The molecule has 0 aliphatic heterocycles. The molecule has 0 radical (unpaired) electrons. The minimum Gasteiger partial charge on any atom is -0.497 e. The maximum atomic E-state index is 13.2. The van der Waals surface area contributed by atoms with E-state index >= 15 is 0 Å². The van der Waals surface area contributed by atoms with Crippen LogP contribution in [0.2, 0.25) is 0 Å². The first-order valence-corrected chi connectivity index (χ1v) is 11.3. The van der Waals surface area contributed by atoms with Gasteiger partial charge in [-0.25, -0.2) is 4.98 Å². The lowest BCUT2D eigenvalue weighted by atomic mass is 9.93. The molecule has 0 saturated carbocycles. The number of amides is 1. The highest BCUT2D eigenvalue weighted by Gasteiger charge is 2.29. The van der Waals surface area contributed by atoms with Crippen LogP contribution in [0.15, 0.2) is 54.0 Å². The number of ether oxygens (including phenoxy) is 1. The summed E-state index contributed by atoms with van der Waals surface area (Å²) in [4.78, 5) is 24.4. The molecule has 0 aliphatic carbocycles. The van der Waals surface area contributed by atoms with Crippen LogP contribution in [-0.2, 0) is 16.8 Å². The molecular weight excluding hydrogens is 408 g/mol. The summed E-state index contributed by atoms with van der Waals surface area (Å²) in [6.45, 7) is 8.82. The van der Waals surface area contributed by atoms with E-state index in [-0.39, 0.29) is 11.3 Å². The Kier molecular flexibility index (Phi) is 7.28. The third kappa shape index (κ3) is 5.61. The van der Waals surface area contributed by atoms with E-state index in [9.17, 15) is 4.79 Å². The highest BCUT2D eigenvalue weighted by molar-refractivity contribution is 7.13. The number of anilines is 2. The SMILES string of the molecule is CC[C@H](C(=O)NCc1ccccn1)N(c1ccc(OC)cc1)c1nc(C(C)(C)C)cs1. The summed E-state index contributed by atoms with van der Waals surface area (Å²) < 4.78 is 5.31. The monoisotopic (exact) mass is 438 g/mol. The number of aromatic nitrogens is 2. The van der Waals surface area contributed by atoms with Gasteiger partial charge in [-0.3, -0.25) is 9.78 Å². The van der Waals surface area contributed by atoms with Crippen LogP contribution in [0.1, 0.15) is 45.5 Å². The highest BCUT2D eigenvalue weighted by Crippen LogP contribution is 2.35. The summed E-state index contributed by atoms with van der Waals surface area (Å²) in [5.74, 6) is 0.711. The van der Waals surface area contributed by atoms with Crippen molar-refractivity contribution in [1.82, 2.24) is 15.3 Å². The molecule has 0 saturated heterocycles. The predicted octanol–water partition coefficient (Wildman–Crippen LogP) is 5.08. The number of methoxy groups -OCH3 is 1. The highest BCUT2D eigenvalue weighted by atomic mass is 32.1. The summed E-state index contributed by atoms with van der Waals surface area (Å²) in [7, 11) is 1.64. The van der Waals surface area contributed by atoms with Gasteiger partial charge in [-0.15, -0.1) is 11.3 Å². The van der Waals surface area contributed by atoms with Gasteiger partial charge in [0.15, 0.2) is 5.13 Å². The van der Waals surface area contributed by atoms with E-state index in [2.05, 4.69) is 36.5 Å². The van der Waals surface area contributed by atoms with Gasteiger partial charge in [-0.1, -0.05) is 33.8 Å². The van der Waals surface area contributed by atoms with Gasteiger partial charge in [0.2, 0.25) is 5.91 Å². The number of carbonyl (C=O) groups excluding carboxylic acids is 1. The van der Waals surface area contributed by atoms with Crippen LogP contribution < -0.4 is 15.0 Å². The van der Waals surface area contributed by atoms with Crippen molar-refractivity contribution in [2.75, 3.05) is 12.0 Å². The summed E-state index contributed by atoms with van der Waals surface area (Å²) >= 11 is 1.56. The summed E-state index contributed by atoms with van der Waals surface area (Å²) in [6.07, 6.45) is 2.36. The fourth-order valence-corrected chi connectivity index (χ4v) is 4.29. The van der Waals surface area contributed by atoms with Gasteiger partial charge >= 0.3 is 0 Å². The fraction of sp³-hybridized carbons (Fsp3) is 0.375. The van der Waals surface area contributed by atoms with Crippen molar-refractivity contribution < 1.29 is 9.53 Å². The zero-order chi connectivity index (χ0) is 22.4. The van der Waals surface area contributed by atoms with E-state index in [1.807, 2.05) is 54.3 Å². The number of rotatable bonds is 8. The quantitative estimate of drug-likeness (QED) is 0.531. The van der Waals surface area contributed by atoms with E-state index in [0.29, 0.717) is 13.0 Å². The number of thiazole rings is 1. The van der Waals surface area contributed by atoms with Gasteiger partial charge in [0.05, 0.1) is 25.0 Å². The number of carbonyl (C=O) groups is 1. The van der Waals surface area contributed by atoms with Gasteiger partial charge < -0.3 is 15.0 Å². The minimum absolute atomic E-state index is 0.0588. The number of hydrogen-bond acceptors (Lipinski definition) is 6. The molecular formula is C24H30N4O2S. The van der Waals surface area contributed by atoms with E-state index in [4.69, 9.17) is 9.72 Å². The molecule has 0 bridgehead atoms. The van der Waals surface area contributed by atoms with Crippen LogP contribution in [-0.4, -0.2) is 29.0 Å². The van der Waals surface area contributed by atoms with Crippen molar-refractivity contribution in [2.24, 2.45) is 0 Å². The van der Waals surface area contributed by atoms with Crippen LogP contribution >= 0.6 is 11.3 Å². The Bertz CT molecular complexity index is 981. The number of nitrogens with zero attached hydrogens (tertiary/aromatic N) is 3. The molecule has 1 atom stereocenters. The number of benzene rings is 1. The van der Waals surface area contributed by atoms with E-state index in [1.54, 1.807) is 24.6 Å². The molecule has 0 fully saturated rings. The van der Waals surface area contributed by atoms with Gasteiger partial charge in [-0.2, -0.15) is 0 Å². The molecule has 7 heteroatoms. The fourth-order valence-electron chi connectivity index (χ4n) is 3.17. The standard InChI is InChI=1S/C24H30N4O2S/c1-6-20(22(29)26-15-17-9-7-8-14-25-17)28(18-10-12-19(30-5)13-11-18)23-27-21(16-31-23)24(2,3)4/h7-14,16,20H,6,15H2,1-5H3,(H,26,29)/t20-/m1/s1.